The Balaban J connectivity index is 2.22. The van der Waals surface area contributed by atoms with Crippen LogP contribution in [0.2, 0.25) is 0 Å². The van der Waals surface area contributed by atoms with E-state index in [1.54, 1.807) is 0 Å². The Labute approximate surface area is 100.0 Å². The van der Waals surface area contributed by atoms with Gasteiger partial charge in [0.25, 0.3) is 0 Å². The lowest BCUT2D eigenvalue weighted by atomic mass is 10.0. The molecule has 0 amide bonds. The second-order valence-electron chi connectivity index (χ2n) is 4.07. The molecule has 17 heavy (non-hydrogen) atoms. The third-order valence-electron chi connectivity index (χ3n) is 2.96. The van der Waals surface area contributed by atoms with Gasteiger partial charge in [-0.1, -0.05) is 18.2 Å². The Bertz CT molecular complexity index is 674. The summed E-state index contributed by atoms with van der Waals surface area (Å²) in [6, 6.07) is 12.5. The molecule has 82 valence electrons. The van der Waals surface area contributed by atoms with Crippen molar-refractivity contribution >= 4 is 10.8 Å². The van der Waals surface area contributed by atoms with Crippen molar-refractivity contribution < 1.29 is 0 Å². The molecule has 2 aromatic heterocycles. The van der Waals surface area contributed by atoms with Crippen molar-refractivity contribution in [1.29, 1.82) is 0 Å². The Morgan fingerprint density at radius 1 is 0.941 bits per heavy atom. The molecule has 2 nitrogen and oxygen atoms in total. The molecule has 0 spiro atoms. The molecular weight excluding hydrogens is 208 g/mol. The van der Waals surface area contributed by atoms with E-state index in [1.165, 1.54) is 16.5 Å². The van der Waals surface area contributed by atoms with E-state index in [1.807, 2.05) is 37.6 Å². The molecule has 2 heteroatoms. The van der Waals surface area contributed by atoms with E-state index in [9.17, 15) is 0 Å². The highest BCUT2D eigenvalue weighted by atomic mass is 14.7. The predicted molar refractivity (Wildman–Crippen MR) is 69.7 cm³/mol. The van der Waals surface area contributed by atoms with Crippen molar-refractivity contribution in [2.75, 3.05) is 0 Å². The van der Waals surface area contributed by atoms with E-state index in [0.717, 1.165) is 11.1 Å². The molecule has 0 atom stereocenters. The summed E-state index contributed by atoms with van der Waals surface area (Å²) in [7, 11) is 0. The highest BCUT2D eigenvalue weighted by molar-refractivity contribution is 5.86. The smallest absolute Gasteiger partial charge is 0.0450 e. The molecule has 3 aromatic rings. The van der Waals surface area contributed by atoms with Gasteiger partial charge < -0.3 is 0 Å². The van der Waals surface area contributed by atoms with Crippen molar-refractivity contribution in [2.45, 2.75) is 6.92 Å². The number of benzene rings is 1. The number of rotatable bonds is 1. The van der Waals surface area contributed by atoms with Gasteiger partial charge in [0, 0.05) is 35.2 Å². The zero-order chi connectivity index (χ0) is 11.7. The topological polar surface area (TPSA) is 25.8 Å². The molecule has 0 aliphatic rings. The zero-order valence-corrected chi connectivity index (χ0v) is 9.59. The summed E-state index contributed by atoms with van der Waals surface area (Å²) >= 11 is 0. The number of pyridine rings is 2. The minimum Gasteiger partial charge on any atom is -0.264 e. The van der Waals surface area contributed by atoms with Gasteiger partial charge in [-0.25, -0.2) is 0 Å². The summed E-state index contributed by atoms with van der Waals surface area (Å²) in [5.74, 6) is 0. The van der Waals surface area contributed by atoms with Crippen molar-refractivity contribution in [3.05, 3.63) is 60.7 Å². The third-order valence-corrected chi connectivity index (χ3v) is 2.96. The van der Waals surface area contributed by atoms with Crippen molar-refractivity contribution in [3.8, 4) is 11.1 Å². The summed E-state index contributed by atoms with van der Waals surface area (Å²) in [5.41, 5.74) is 3.45. The second kappa shape index (κ2) is 3.98. The lowest BCUT2D eigenvalue weighted by molar-refractivity contribution is 1.20. The summed E-state index contributed by atoms with van der Waals surface area (Å²) in [6.07, 6.45) is 5.53. The van der Waals surface area contributed by atoms with Gasteiger partial charge in [-0.15, -0.1) is 0 Å². The zero-order valence-electron chi connectivity index (χ0n) is 9.59. The van der Waals surface area contributed by atoms with Crippen LogP contribution in [-0.4, -0.2) is 9.97 Å². The number of hydrogen-bond acceptors (Lipinski definition) is 2. The Morgan fingerprint density at radius 3 is 2.76 bits per heavy atom. The average molecular weight is 220 g/mol. The first-order valence-electron chi connectivity index (χ1n) is 5.60. The monoisotopic (exact) mass is 220 g/mol. The highest BCUT2D eigenvalue weighted by Crippen LogP contribution is 2.25. The average Bonchev–Trinajstić information content (AvgIpc) is 2.39. The van der Waals surface area contributed by atoms with E-state index in [-0.39, 0.29) is 0 Å². The van der Waals surface area contributed by atoms with Crippen LogP contribution >= 0.6 is 0 Å². The van der Waals surface area contributed by atoms with Crippen LogP contribution in [0.15, 0.2) is 55.0 Å². The molecule has 0 N–H and O–H groups in total. The van der Waals surface area contributed by atoms with E-state index in [0.29, 0.717) is 0 Å². The molecule has 1 aromatic carbocycles. The molecule has 0 fully saturated rings. The highest BCUT2D eigenvalue weighted by Gasteiger charge is 2.02. The van der Waals surface area contributed by atoms with E-state index in [2.05, 4.69) is 34.2 Å². The first-order valence-corrected chi connectivity index (χ1v) is 5.60. The SMILES string of the molecule is Cc1ncccc1-c1ccc2cnccc2c1. The fraction of sp³-hybridized carbons (Fsp3) is 0.0667. The Morgan fingerprint density at radius 2 is 1.88 bits per heavy atom. The summed E-state index contributed by atoms with van der Waals surface area (Å²) in [4.78, 5) is 8.44. The third kappa shape index (κ3) is 1.78. The lowest BCUT2D eigenvalue weighted by Crippen LogP contribution is -1.86. The molecule has 0 unspecified atom stereocenters. The van der Waals surface area contributed by atoms with Gasteiger partial charge in [0.1, 0.15) is 0 Å². The van der Waals surface area contributed by atoms with Crippen LogP contribution < -0.4 is 0 Å². The molecular formula is C15H12N2. The van der Waals surface area contributed by atoms with Crippen LogP contribution in [0.5, 0.6) is 0 Å². The summed E-state index contributed by atoms with van der Waals surface area (Å²) in [5, 5.41) is 2.37. The first-order chi connectivity index (χ1) is 8.34. The molecule has 0 bridgehead atoms. The van der Waals surface area contributed by atoms with Gasteiger partial charge in [0.2, 0.25) is 0 Å². The Kier molecular flexibility index (Phi) is 2.33. The maximum atomic E-state index is 4.32. The van der Waals surface area contributed by atoms with Crippen LogP contribution in [0.25, 0.3) is 21.9 Å². The van der Waals surface area contributed by atoms with Crippen molar-refractivity contribution in [3.63, 3.8) is 0 Å². The van der Waals surface area contributed by atoms with Crippen LogP contribution in [0.4, 0.5) is 0 Å². The van der Waals surface area contributed by atoms with Gasteiger partial charge in [-0.3, -0.25) is 9.97 Å². The maximum absolute atomic E-state index is 4.32. The summed E-state index contributed by atoms with van der Waals surface area (Å²) < 4.78 is 0. The number of aryl methyl sites for hydroxylation is 1. The molecule has 0 aliphatic heterocycles. The number of fused-ring (bicyclic) bond motifs is 1. The number of hydrogen-bond donors (Lipinski definition) is 0. The van der Waals surface area contributed by atoms with Crippen LogP contribution in [0, 0.1) is 6.92 Å². The molecule has 2 heterocycles. The molecule has 0 saturated heterocycles. The molecule has 0 radical (unpaired) electrons. The molecule has 0 saturated carbocycles. The van der Waals surface area contributed by atoms with E-state index >= 15 is 0 Å². The van der Waals surface area contributed by atoms with Gasteiger partial charge in [-0.05, 0) is 36.1 Å². The van der Waals surface area contributed by atoms with Crippen LogP contribution in [0.1, 0.15) is 5.69 Å². The quantitative estimate of drug-likeness (QED) is 0.626. The normalized spacial score (nSPS) is 10.6. The van der Waals surface area contributed by atoms with E-state index in [4.69, 9.17) is 0 Å². The van der Waals surface area contributed by atoms with Crippen molar-refractivity contribution in [1.82, 2.24) is 9.97 Å². The molecule has 3 rings (SSSR count). The standard InChI is InChI=1S/C15H12N2/c1-11-15(3-2-7-17-11)13-4-5-14-10-16-8-6-12(14)9-13/h2-10H,1H3. The van der Waals surface area contributed by atoms with Gasteiger partial charge >= 0.3 is 0 Å². The van der Waals surface area contributed by atoms with Gasteiger partial charge in [0.15, 0.2) is 0 Å². The minimum absolute atomic E-state index is 1.06. The van der Waals surface area contributed by atoms with Crippen LogP contribution in [0.3, 0.4) is 0 Å². The van der Waals surface area contributed by atoms with Gasteiger partial charge in [0.05, 0.1) is 0 Å². The fourth-order valence-electron chi connectivity index (χ4n) is 2.04. The number of nitrogens with zero attached hydrogens (tertiary/aromatic N) is 2. The van der Waals surface area contributed by atoms with E-state index < -0.39 is 0 Å². The van der Waals surface area contributed by atoms with Crippen molar-refractivity contribution in [2.24, 2.45) is 0 Å². The van der Waals surface area contributed by atoms with Gasteiger partial charge in [-0.2, -0.15) is 0 Å². The maximum Gasteiger partial charge on any atom is 0.0450 e. The minimum atomic E-state index is 1.06. The summed E-state index contributed by atoms with van der Waals surface area (Å²) in [6.45, 7) is 2.03. The Hall–Kier alpha value is -2.22. The second-order valence-corrected chi connectivity index (χ2v) is 4.07. The fourth-order valence-corrected chi connectivity index (χ4v) is 2.04. The largest absolute Gasteiger partial charge is 0.264 e. The van der Waals surface area contributed by atoms with Crippen LogP contribution in [-0.2, 0) is 0 Å². The first kappa shape index (κ1) is 9.97. The lowest BCUT2D eigenvalue weighted by Gasteiger charge is -2.06. The number of aromatic nitrogens is 2. The molecule has 0 aliphatic carbocycles. The predicted octanol–water partition coefficient (Wildman–Crippen LogP) is 3.61.